The number of imidazole rings is 1. The normalized spacial score (nSPS) is 11.5. The third kappa shape index (κ3) is 6.28. The van der Waals surface area contributed by atoms with Gasteiger partial charge in [-0.05, 0) is 41.0 Å². The van der Waals surface area contributed by atoms with E-state index in [1.165, 1.54) is 6.07 Å². The lowest BCUT2D eigenvalue weighted by Gasteiger charge is -2.20. The molecule has 0 fully saturated rings. The Kier molecular flexibility index (Phi) is 7.31. The molecule has 0 bridgehead atoms. The maximum Gasteiger partial charge on any atom is 0.339 e. The average molecular weight is 453 g/mol. The summed E-state index contributed by atoms with van der Waals surface area (Å²) in [7, 11) is 0. The number of aryl methyl sites for hydroxylation is 2. The zero-order valence-corrected chi connectivity index (χ0v) is 19.1. The fourth-order valence-corrected chi connectivity index (χ4v) is 3.91. The molecule has 174 valence electrons. The van der Waals surface area contributed by atoms with Gasteiger partial charge in [-0.15, -0.1) is 0 Å². The Morgan fingerprint density at radius 3 is 2.33 bits per heavy atom. The summed E-state index contributed by atoms with van der Waals surface area (Å²) in [5, 5.41) is 18.5. The number of rotatable bonds is 9. The molecule has 0 saturated heterocycles. The van der Waals surface area contributed by atoms with Crippen LogP contribution in [0.2, 0.25) is 0 Å². The molecule has 2 N–H and O–H groups in total. The highest BCUT2D eigenvalue weighted by Crippen LogP contribution is 2.27. The lowest BCUT2D eigenvalue weighted by molar-refractivity contribution is -0.137. The number of aliphatic carboxylic acids is 1. The number of carbonyl (C=O) groups is 2. The molecule has 1 heterocycles. The smallest absolute Gasteiger partial charge is 0.339 e. The molecule has 33 heavy (non-hydrogen) atoms. The SMILES string of the molecule is CC(C)(C)Cc1cnc(CCc2ccc(-c3cccc(F)c3C(=O)O)cc2)n1CCC(=O)O. The monoisotopic (exact) mass is 452 g/mol. The minimum absolute atomic E-state index is 0.0365. The summed E-state index contributed by atoms with van der Waals surface area (Å²) in [5.74, 6) is -2.06. The van der Waals surface area contributed by atoms with Gasteiger partial charge in [0.1, 0.15) is 17.2 Å². The second-order valence-corrected chi connectivity index (χ2v) is 9.36. The van der Waals surface area contributed by atoms with Gasteiger partial charge in [-0.3, -0.25) is 4.79 Å². The zero-order chi connectivity index (χ0) is 24.2. The van der Waals surface area contributed by atoms with Crippen LogP contribution in [0.1, 0.15) is 54.6 Å². The maximum absolute atomic E-state index is 14.0. The Labute approximate surface area is 192 Å². The molecule has 0 radical (unpaired) electrons. The topological polar surface area (TPSA) is 92.4 Å². The van der Waals surface area contributed by atoms with Crippen LogP contribution in [-0.2, 0) is 30.6 Å². The first-order chi connectivity index (χ1) is 15.5. The van der Waals surface area contributed by atoms with Crippen molar-refractivity contribution in [3.8, 4) is 11.1 Å². The van der Waals surface area contributed by atoms with Crippen molar-refractivity contribution in [1.29, 1.82) is 0 Å². The van der Waals surface area contributed by atoms with E-state index in [0.717, 1.165) is 29.6 Å². The van der Waals surface area contributed by atoms with E-state index in [4.69, 9.17) is 5.11 Å². The van der Waals surface area contributed by atoms with Crippen molar-refractivity contribution in [2.75, 3.05) is 0 Å². The van der Waals surface area contributed by atoms with Gasteiger partial charge in [0.2, 0.25) is 0 Å². The third-order valence-electron chi connectivity index (χ3n) is 5.41. The summed E-state index contributed by atoms with van der Waals surface area (Å²) in [6, 6.07) is 11.6. The van der Waals surface area contributed by atoms with Crippen LogP contribution >= 0.6 is 0 Å². The first-order valence-electron chi connectivity index (χ1n) is 10.9. The molecule has 6 nitrogen and oxygen atoms in total. The highest BCUT2D eigenvalue weighted by Gasteiger charge is 2.19. The lowest BCUT2D eigenvalue weighted by atomic mass is 9.91. The van der Waals surface area contributed by atoms with E-state index in [-0.39, 0.29) is 17.4 Å². The molecule has 0 amide bonds. The summed E-state index contributed by atoms with van der Waals surface area (Å²) in [4.78, 5) is 27.2. The molecule has 7 heteroatoms. The van der Waals surface area contributed by atoms with Crippen LogP contribution < -0.4 is 0 Å². The van der Waals surface area contributed by atoms with E-state index < -0.39 is 17.8 Å². The van der Waals surface area contributed by atoms with Crippen LogP contribution in [0.4, 0.5) is 4.39 Å². The molecule has 3 aromatic rings. The molecule has 3 rings (SSSR count). The number of carboxylic acid groups (broad SMARTS) is 2. The van der Waals surface area contributed by atoms with Crippen LogP contribution in [0.15, 0.2) is 48.7 Å². The zero-order valence-electron chi connectivity index (χ0n) is 19.1. The first-order valence-corrected chi connectivity index (χ1v) is 10.9. The molecular weight excluding hydrogens is 423 g/mol. The van der Waals surface area contributed by atoms with Gasteiger partial charge in [-0.1, -0.05) is 57.2 Å². The molecule has 0 spiro atoms. The Morgan fingerprint density at radius 1 is 1.03 bits per heavy atom. The number of aromatic nitrogens is 2. The summed E-state index contributed by atoms with van der Waals surface area (Å²) in [5.41, 5.74) is 2.74. The number of nitrogens with zero attached hydrogens (tertiary/aromatic N) is 2. The Morgan fingerprint density at radius 2 is 1.73 bits per heavy atom. The van der Waals surface area contributed by atoms with E-state index in [2.05, 4.69) is 25.8 Å². The second-order valence-electron chi connectivity index (χ2n) is 9.36. The standard InChI is InChI=1S/C26H29FN2O4/c1-26(2,3)15-19-16-28-22(29(19)14-13-23(30)31)12-9-17-7-10-18(11-8-17)20-5-4-6-21(27)24(20)25(32)33/h4-8,10-11,16H,9,12-15H2,1-3H3,(H,30,31)(H,32,33). The minimum Gasteiger partial charge on any atom is -0.481 e. The number of carboxylic acids is 2. The van der Waals surface area contributed by atoms with Gasteiger partial charge < -0.3 is 14.8 Å². The number of halogens is 1. The van der Waals surface area contributed by atoms with Crippen molar-refractivity contribution < 1.29 is 24.2 Å². The van der Waals surface area contributed by atoms with Crippen LogP contribution in [0, 0.1) is 11.2 Å². The molecule has 2 aromatic carbocycles. The largest absolute Gasteiger partial charge is 0.481 e. The first kappa shape index (κ1) is 24.2. The molecule has 0 unspecified atom stereocenters. The minimum atomic E-state index is -1.30. The van der Waals surface area contributed by atoms with Crippen LogP contribution in [0.3, 0.4) is 0 Å². The van der Waals surface area contributed by atoms with E-state index in [1.54, 1.807) is 18.2 Å². The number of benzene rings is 2. The van der Waals surface area contributed by atoms with Gasteiger partial charge >= 0.3 is 11.9 Å². The molecular formula is C26H29FN2O4. The lowest BCUT2D eigenvalue weighted by Crippen LogP contribution is -2.16. The Balaban J connectivity index is 1.78. The molecule has 0 saturated carbocycles. The highest BCUT2D eigenvalue weighted by atomic mass is 19.1. The Hall–Kier alpha value is -3.48. The predicted molar refractivity (Wildman–Crippen MR) is 124 cm³/mol. The van der Waals surface area contributed by atoms with E-state index in [0.29, 0.717) is 30.5 Å². The van der Waals surface area contributed by atoms with Crippen molar-refractivity contribution >= 4 is 11.9 Å². The molecule has 0 aliphatic carbocycles. The van der Waals surface area contributed by atoms with E-state index >= 15 is 0 Å². The summed E-state index contributed by atoms with van der Waals surface area (Å²) in [6.07, 6.45) is 4.00. The van der Waals surface area contributed by atoms with Crippen LogP contribution in [0.25, 0.3) is 11.1 Å². The van der Waals surface area contributed by atoms with E-state index in [1.807, 2.05) is 22.9 Å². The molecule has 0 aliphatic rings. The van der Waals surface area contributed by atoms with Crippen LogP contribution in [-0.4, -0.2) is 31.7 Å². The van der Waals surface area contributed by atoms with Crippen molar-refractivity contribution in [2.24, 2.45) is 5.41 Å². The highest BCUT2D eigenvalue weighted by molar-refractivity contribution is 5.96. The Bertz CT molecular complexity index is 1140. The fraction of sp³-hybridized carbons (Fsp3) is 0.346. The van der Waals surface area contributed by atoms with Gasteiger partial charge in [-0.2, -0.15) is 0 Å². The van der Waals surface area contributed by atoms with Crippen molar-refractivity contribution in [3.05, 3.63) is 77.1 Å². The number of hydrogen-bond donors (Lipinski definition) is 2. The number of hydrogen-bond acceptors (Lipinski definition) is 3. The average Bonchev–Trinajstić information content (AvgIpc) is 3.10. The van der Waals surface area contributed by atoms with Gasteiger partial charge in [-0.25, -0.2) is 14.2 Å². The summed E-state index contributed by atoms with van der Waals surface area (Å²) >= 11 is 0. The van der Waals surface area contributed by atoms with Crippen LogP contribution in [0.5, 0.6) is 0 Å². The maximum atomic E-state index is 14.0. The predicted octanol–water partition coefficient (Wildman–Crippen LogP) is 5.24. The second kappa shape index (κ2) is 9.98. The number of aromatic carboxylic acids is 1. The molecule has 1 aromatic heterocycles. The van der Waals surface area contributed by atoms with Crippen molar-refractivity contribution in [2.45, 2.75) is 53.0 Å². The van der Waals surface area contributed by atoms with E-state index in [9.17, 15) is 19.1 Å². The van der Waals surface area contributed by atoms with Gasteiger partial charge in [0, 0.05) is 24.9 Å². The summed E-state index contributed by atoms with van der Waals surface area (Å²) < 4.78 is 16.0. The summed E-state index contributed by atoms with van der Waals surface area (Å²) in [6.45, 7) is 6.79. The molecule has 0 atom stereocenters. The quantitative estimate of drug-likeness (QED) is 0.463. The third-order valence-corrected chi connectivity index (χ3v) is 5.41. The van der Waals surface area contributed by atoms with Gasteiger partial charge in [0.25, 0.3) is 0 Å². The molecule has 0 aliphatic heterocycles. The van der Waals surface area contributed by atoms with Crippen molar-refractivity contribution in [1.82, 2.24) is 9.55 Å². The fourth-order valence-electron chi connectivity index (χ4n) is 3.91. The van der Waals surface area contributed by atoms with Crippen molar-refractivity contribution in [3.63, 3.8) is 0 Å². The van der Waals surface area contributed by atoms with Gasteiger partial charge in [0.15, 0.2) is 0 Å². The van der Waals surface area contributed by atoms with Gasteiger partial charge in [0.05, 0.1) is 6.42 Å².